The van der Waals surface area contributed by atoms with Crippen LogP contribution in [0.4, 0.5) is 11.4 Å². The van der Waals surface area contributed by atoms with E-state index in [0.29, 0.717) is 22.7 Å². The van der Waals surface area contributed by atoms with E-state index in [4.69, 9.17) is 0 Å². The number of fused-ring (bicyclic) bond motifs is 9. The van der Waals surface area contributed by atoms with Crippen molar-refractivity contribution in [1.82, 2.24) is 0 Å². The molecule has 0 spiro atoms. The number of nitrogens with one attached hydrogen (secondary N) is 2. The number of halogens is 2. The van der Waals surface area contributed by atoms with Crippen LogP contribution in [-0.4, -0.2) is 21.7 Å². The molecule has 0 amide bonds. The number of hydrogen-bond acceptors (Lipinski definition) is 2. The summed E-state index contributed by atoms with van der Waals surface area (Å²) in [6.45, 7) is 0.943. The van der Waals surface area contributed by atoms with E-state index in [-0.39, 0.29) is 4.32 Å². The Bertz CT molecular complexity index is 762. The maximum atomic E-state index is 4.14. The summed E-state index contributed by atoms with van der Waals surface area (Å²) >= 11 is 8.15. The van der Waals surface area contributed by atoms with Crippen molar-refractivity contribution in [3.8, 4) is 0 Å². The molecule has 4 heteroatoms. The molecule has 2 aromatic rings. The van der Waals surface area contributed by atoms with Gasteiger partial charge in [-0.2, -0.15) is 0 Å². The van der Waals surface area contributed by atoms with Crippen LogP contribution in [0.2, 0.25) is 0 Å². The monoisotopic (exact) mass is 418 g/mol. The maximum Gasteiger partial charge on any atom is 0.0716 e. The van der Waals surface area contributed by atoms with Crippen molar-refractivity contribution in [2.24, 2.45) is 0 Å². The lowest BCUT2D eigenvalue weighted by atomic mass is 9.77. The van der Waals surface area contributed by atoms with Crippen LogP contribution in [-0.2, 0) is 0 Å². The third-order valence-corrected chi connectivity index (χ3v) is 7.90. The Balaban J connectivity index is 1.77. The van der Waals surface area contributed by atoms with Gasteiger partial charge in [-0.25, -0.2) is 0 Å². The highest BCUT2D eigenvalue weighted by Gasteiger charge is 2.63. The van der Waals surface area contributed by atoms with Crippen LogP contribution in [0.3, 0.4) is 0 Å². The van der Waals surface area contributed by atoms with Gasteiger partial charge < -0.3 is 10.6 Å². The van der Waals surface area contributed by atoms with Crippen LogP contribution in [0.15, 0.2) is 48.5 Å². The van der Waals surface area contributed by atoms with E-state index in [1.807, 2.05) is 0 Å². The standard InChI is InChI=1S/C18H16Br2N2/c19-16-14-10-5-1-4-8-13(10)22-17(16)18(20)9-21-12-7-3-2-6-11(12)15(14)18/h1-8,14-17,21-22H,9H2/t14-,15+,16-,17-,18-/m0/s1. The minimum atomic E-state index is 0.0270. The zero-order valence-electron chi connectivity index (χ0n) is 11.9. The van der Waals surface area contributed by atoms with Gasteiger partial charge in [0.1, 0.15) is 0 Å². The van der Waals surface area contributed by atoms with Crippen molar-refractivity contribution in [3.05, 3.63) is 59.7 Å². The topological polar surface area (TPSA) is 24.1 Å². The maximum absolute atomic E-state index is 4.14. The van der Waals surface area contributed by atoms with Gasteiger partial charge in [0.15, 0.2) is 0 Å². The summed E-state index contributed by atoms with van der Waals surface area (Å²) in [5.74, 6) is 0.959. The van der Waals surface area contributed by atoms with Gasteiger partial charge in [-0.05, 0) is 23.3 Å². The Morgan fingerprint density at radius 1 is 0.955 bits per heavy atom. The van der Waals surface area contributed by atoms with Gasteiger partial charge in [0, 0.05) is 34.6 Å². The molecular weight excluding hydrogens is 404 g/mol. The van der Waals surface area contributed by atoms with Gasteiger partial charge in [-0.15, -0.1) is 0 Å². The molecule has 3 aliphatic rings. The normalized spacial score (nSPS) is 37.4. The third kappa shape index (κ3) is 1.55. The second-order valence-electron chi connectivity index (χ2n) is 6.52. The molecule has 0 unspecified atom stereocenters. The quantitative estimate of drug-likeness (QED) is 0.605. The van der Waals surface area contributed by atoms with E-state index in [9.17, 15) is 0 Å². The highest BCUT2D eigenvalue weighted by atomic mass is 79.9. The average Bonchev–Trinajstić information content (AvgIpc) is 2.70. The molecule has 2 N–H and O–H groups in total. The SMILES string of the molecule is Br[C@H]1[C@H]2c3ccccc3N[C@@H]1[C@]1(Br)CNc3ccccc3[C@H]21. The van der Waals surface area contributed by atoms with Crippen molar-refractivity contribution in [2.75, 3.05) is 17.2 Å². The van der Waals surface area contributed by atoms with Crippen molar-refractivity contribution < 1.29 is 0 Å². The first-order valence-electron chi connectivity index (χ1n) is 7.71. The van der Waals surface area contributed by atoms with Gasteiger partial charge in [-0.1, -0.05) is 68.3 Å². The summed E-state index contributed by atoms with van der Waals surface area (Å²) in [7, 11) is 0. The molecule has 5 rings (SSSR count). The Hall–Kier alpha value is -1.00. The molecule has 1 fully saturated rings. The summed E-state index contributed by atoms with van der Waals surface area (Å²) in [6, 6.07) is 17.9. The lowest BCUT2D eigenvalue weighted by Gasteiger charge is -2.40. The van der Waals surface area contributed by atoms with Crippen LogP contribution >= 0.6 is 31.9 Å². The van der Waals surface area contributed by atoms with E-state index in [1.165, 1.54) is 22.5 Å². The smallest absolute Gasteiger partial charge is 0.0716 e. The predicted molar refractivity (Wildman–Crippen MR) is 98.6 cm³/mol. The lowest BCUT2D eigenvalue weighted by molar-refractivity contribution is 0.518. The zero-order valence-corrected chi connectivity index (χ0v) is 15.1. The molecule has 22 heavy (non-hydrogen) atoms. The van der Waals surface area contributed by atoms with Gasteiger partial charge >= 0.3 is 0 Å². The van der Waals surface area contributed by atoms with Gasteiger partial charge in [0.2, 0.25) is 0 Å². The summed E-state index contributed by atoms with van der Waals surface area (Å²) in [5.41, 5.74) is 5.44. The fourth-order valence-corrected chi connectivity index (χ4v) is 7.24. The summed E-state index contributed by atoms with van der Waals surface area (Å²) < 4.78 is 0.0270. The first kappa shape index (κ1) is 13.4. The molecule has 1 aliphatic carbocycles. The summed E-state index contributed by atoms with van der Waals surface area (Å²) in [6.07, 6.45) is 0. The molecule has 2 heterocycles. The Labute approximate surface area is 146 Å². The lowest BCUT2D eigenvalue weighted by Crippen LogP contribution is -2.50. The van der Waals surface area contributed by atoms with Crippen molar-refractivity contribution in [1.29, 1.82) is 0 Å². The van der Waals surface area contributed by atoms with E-state index >= 15 is 0 Å². The number of alkyl halides is 2. The molecule has 2 aromatic carbocycles. The van der Waals surface area contributed by atoms with Crippen molar-refractivity contribution in [3.63, 3.8) is 0 Å². The molecule has 112 valence electrons. The molecule has 1 saturated carbocycles. The number of rotatable bonds is 0. The number of para-hydroxylation sites is 2. The average molecular weight is 420 g/mol. The fourth-order valence-electron chi connectivity index (χ4n) is 4.62. The number of benzene rings is 2. The molecule has 5 atom stereocenters. The van der Waals surface area contributed by atoms with E-state index < -0.39 is 0 Å². The van der Waals surface area contributed by atoms with Crippen LogP contribution in [0.5, 0.6) is 0 Å². The minimum absolute atomic E-state index is 0.0270. The first-order chi connectivity index (χ1) is 10.7. The third-order valence-electron chi connectivity index (χ3n) is 5.53. The minimum Gasteiger partial charge on any atom is -0.383 e. The first-order valence-corrected chi connectivity index (χ1v) is 9.42. The molecule has 2 nitrogen and oxygen atoms in total. The second-order valence-corrected chi connectivity index (χ2v) is 9.06. The van der Waals surface area contributed by atoms with Crippen molar-refractivity contribution in [2.45, 2.75) is 27.0 Å². The highest BCUT2D eigenvalue weighted by Crippen LogP contribution is 2.64. The van der Waals surface area contributed by atoms with Crippen LogP contribution < -0.4 is 10.6 Å². The summed E-state index contributed by atoms with van der Waals surface area (Å²) in [5, 5.41) is 7.40. The Kier molecular flexibility index (Phi) is 2.76. The molecule has 0 saturated heterocycles. The van der Waals surface area contributed by atoms with Crippen molar-refractivity contribution >= 4 is 43.2 Å². The fraction of sp³-hybridized carbons (Fsp3) is 0.333. The molecule has 2 bridgehead atoms. The van der Waals surface area contributed by atoms with Gasteiger partial charge in [0.25, 0.3) is 0 Å². The largest absolute Gasteiger partial charge is 0.383 e. The number of anilines is 2. The molecule has 2 aliphatic heterocycles. The van der Waals surface area contributed by atoms with Crippen LogP contribution in [0.1, 0.15) is 23.0 Å². The Morgan fingerprint density at radius 3 is 2.45 bits per heavy atom. The predicted octanol–water partition coefficient (Wildman–Crippen LogP) is 4.68. The molecule has 0 aromatic heterocycles. The second kappa shape index (κ2) is 4.51. The van der Waals surface area contributed by atoms with E-state index in [1.54, 1.807) is 0 Å². The zero-order chi connectivity index (χ0) is 14.9. The van der Waals surface area contributed by atoms with Crippen LogP contribution in [0.25, 0.3) is 0 Å². The van der Waals surface area contributed by atoms with Crippen LogP contribution in [0, 0.1) is 0 Å². The Morgan fingerprint density at radius 2 is 1.64 bits per heavy atom. The van der Waals surface area contributed by atoms with E-state index in [0.717, 1.165) is 6.54 Å². The van der Waals surface area contributed by atoms with Gasteiger partial charge in [-0.3, -0.25) is 0 Å². The molecular formula is C18H16Br2N2. The molecule has 0 radical (unpaired) electrons. The van der Waals surface area contributed by atoms with Gasteiger partial charge in [0.05, 0.1) is 10.4 Å². The number of hydrogen-bond donors (Lipinski definition) is 2. The summed E-state index contributed by atoms with van der Waals surface area (Å²) in [4.78, 5) is 0.430. The van der Waals surface area contributed by atoms with E-state index in [2.05, 4.69) is 91.0 Å². The highest BCUT2D eigenvalue weighted by molar-refractivity contribution is 9.10.